The van der Waals surface area contributed by atoms with E-state index in [0.29, 0.717) is 18.4 Å². The molecule has 0 bridgehead atoms. The van der Waals surface area contributed by atoms with E-state index in [2.05, 4.69) is 22.8 Å². The highest BCUT2D eigenvalue weighted by Crippen LogP contribution is 2.36. The van der Waals surface area contributed by atoms with Crippen molar-refractivity contribution in [2.24, 2.45) is 0 Å². The normalized spacial score (nSPS) is 19.0. The average Bonchev–Trinajstić information content (AvgIpc) is 2.61. The number of amides is 2. The molecule has 2 aliphatic heterocycles. The molecular weight excluding hydrogens is 320 g/mol. The van der Waals surface area contributed by atoms with Crippen LogP contribution in [-0.2, 0) is 11.2 Å². The molecule has 0 fully saturated rings. The maximum absolute atomic E-state index is 12.7. The van der Waals surface area contributed by atoms with Crippen LogP contribution in [0.25, 0.3) is 0 Å². The molecule has 2 aromatic rings. The molecule has 4 rings (SSSR count). The lowest BCUT2D eigenvalue weighted by Gasteiger charge is -2.26. The van der Waals surface area contributed by atoms with Gasteiger partial charge in [-0.1, -0.05) is 18.2 Å². The SMILES string of the molecule is O=C1CCc2cc(C(=O)N[C@H]3CCSc4ccccc43)ccc2N1. The van der Waals surface area contributed by atoms with Gasteiger partial charge in [0.05, 0.1) is 6.04 Å². The quantitative estimate of drug-likeness (QED) is 0.880. The van der Waals surface area contributed by atoms with Crippen LogP contribution in [0.2, 0.25) is 0 Å². The summed E-state index contributed by atoms with van der Waals surface area (Å²) in [5.74, 6) is 0.996. The number of thioether (sulfide) groups is 1. The van der Waals surface area contributed by atoms with Crippen LogP contribution in [0.15, 0.2) is 47.4 Å². The van der Waals surface area contributed by atoms with E-state index in [1.165, 1.54) is 10.5 Å². The molecule has 4 nitrogen and oxygen atoms in total. The predicted molar refractivity (Wildman–Crippen MR) is 95.4 cm³/mol. The Bertz CT molecular complexity index is 819. The molecule has 0 aromatic heterocycles. The van der Waals surface area contributed by atoms with Crippen molar-refractivity contribution >= 4 is 29.3 Å². The summed E-state index contributed by atoms with van der Waals surface area (Å²) in [6.07, 6.45) is 2.10. The Morgan fingerprint density at radius 3 is 2.96 bits per heavy atom. The molecule has 2 amide bonds. The molecule has 0 radical (unpaired) electrons. The second kappa shape index (κ2) is 6.32. The average molecular weight is 338 g/mol. The minimum Gasteiger partial charge on any atom is -0.345 e. The standard InChI is InChI=1S/C19H18N2O2S/c22-18-8-6-12-11-13(5-7-15(12)20-18)19(23)21-16-9-10-24-17-4-2-1-3-14(16)17/h1-5,7,11,16H,6,8-10H2,(H,20,22)(H,21,23)/t16-/m0/s1. The zero-order chi connectivity index (χ0) is 16.5. The molecule has 5 heteroatoms. The molecule has 2 aliphatic rings. The number of anilines is 1. The van der Waals surface area contributed by atoms with Gasteiger partial charge in [0.15, 0.2) is 0 Å². The fourth-order valence-corrected chi connectivity index (χ4v) is 4.38. The third-order valence-corrected chi connectivity index (χ3v) is 5.65. The Morgan fingerprint density at radius 2 is 2.04 bits per heavy atom. The number of rotatable bonds is 2. The minimum absolute atomic E-state index is 0.0380. The molecule has 0 spiro atoms. The minimum atomic E-state index is -0.0543. The van der Waals surface area contributed by atoms with Crippen molar-refractivity contribution in [1.29, 1.82) is 0 Å². The summed E-state index contributed by atoms with van der Waals surface area (Å²) < 4.78 is 0. The summed E-state index contributed by atoms with van der Waals surface area (Å²) in [5, 5.41) is 6.01. The van der Waals surface area contributed by atoms with Crippen LogP contribution < -0.4 is 10.6 Å². The maximum atomic E-state index is 12.7. The van der Waals surface area contributed by atoms with Crippen LogP contribution in [0.4, 0.5) is 5.69 Å². The van der Waals surface area contributed by atoms with Gasteiger partial charge < -0.3 is 10.6 Å². The topological polar surface area (TPSA) is 58.2 Å². The van der Waals surface area contributed by atoms with Gasteiger partial charge in [-0.3, -0.25) is 9.59 Å². The van der Waals surface area contributed by atoms with E-state index >= 15 is 0 Å². The van der Waals surface area contributed by atoms with Gasteiger partial charge in [-0.2, -0.15) is 0 Å². The number of nitrogens with one attached hydrogen (secondary N) is 2. The zero-order valence-corrected chi connectivity index (χ0v) is 14.0. The molecule has 2 N–H and O–H groups in total. The fraction of sp³-hybridized carbons (Fsp3) is 0.263. The van der Waals surface area contributed by atoms with E-state index in [0.717, 1.165) is 23.4 Å². The zero-order valence-electron chi connectivity index (χ0n) is 13.2. The van der Waals surface area contributed by atoms with Crippen molar-refractivity contribution in [1.82, 2.24) is 5.32 Å². The second-order valence-electron chi connectivity index (χ2n) is 6.12. The molecule has 122 valence electrons. The predicted octanol–water partition coefficient (Wildman–Crippen LogP) is 3.54. The van der Waals surface area contributed by atoms with Gasteiger partial charge in [-0.15, -0.1) is 11.8 Å². The number of carbonyl (C=O) groups is 2. The lowest BCUT2D eigenvalue weighted by Crippen LogP contribution is -2.31. The number of hydrogen-bond donors (Lipinski definition) is 2. The summed E-state index contributed by atoms with van der Waals surface area (Å²) in [5.41, 5.74) is 3.71. The van der Waals surface area contributed by atoms with Crippen LogP contribution in [-0.4, -0.2) is 17.6 Å². The Kier molecular flexibility index (Phi) is 4.02. The first kappa shape index (κ1) is 15.3. The van der Waals surface area contributed by atoms with Gasteiger partial charge in [0.25, 0.3) is 5.91 Å². The van der Waals surface area contributed by atoms with Gasteiger partial charge >= 0.3 is 0 Å². The highest BCUT2D eigenvalue weighted by molar-refractivity contribution is 7.99. The maximum Gasteiger partial charge on any atom is 0.251 e. The monoisotopic (exact) mass is 338 g/mol. The van der Waals surface area contributed by atoms with E-state index in [4.69, 9.17) is 0 Å². The summed E-state index contributed by atoms with van der Waals surface area (Å²) in [7, 11) is 0. The first-order chi connectivity index (χ1) is 11.7. The number of aryl methyl sites for hydroxylation is 1. The number of carbonyl (C=O) groups excluding carboxylic acids is 2. The molecule has 1 atom stereocenters. The van der Waals surface area contributed by atoms with Crippen LogP contribution in [0.3, 0.4) is 0 Å². The second-order valence-corrected chi connectivity index (χ2v) is 7.26. The van der Waals surface area contributed by atoms with Gasteiger partial charge in [-0.25, -0.2) is 0 Å². The molecule has 0 saturated carbocycles. The summed E-state index contributed by atoms with van der Waals surface area (Å²) in [6, 6.07) is 13.8. The van der Waals surface area contributed by atoms with Crippen molar-refractivity contribution < 1.29 is 9.59 Å². The molecule has 0 unspecified atom stereocenters. The van der Waals surface area contributed by atoms with E-state index < -0.39 is 0 Å². The number of benzene rings is 2. The molecule has 0 aliphatic carbocycles. The van der Waals surface area contributed by atoms with Crippen molar-refractivity contribution in [2.75, 3.05) is 11.1 Å². The third-order valence-electron chi connectivity index (χ3n) is 4.53. The molecule has 0 saturated heterocycles. The first-order valence-electron chi connectivity index (χ1n) is 8.16. The third kappa shape index (κ3) is 2.91. The van der Waals surface area contributed by atoms with Crippen molar-refractivity contribution in [3.63, 3.8) is 0 Å². The number of hydrogen-bond acceptors (Lipinski definition) is 3. The van der Waals surface area contributed by atoms with E-state index in [1.54, 1.807) is 6.07 Å². The molecular formula is C19H18N2O2S. The van der Waals surface area contributed by atoms with E-state index in [9.17, 15) is 9.59 Å². The fourth-order valence-electron chi connectivity index (χ4n) is 3.26. The molecule has 24 heavy (non-hydrogen) atoms. The first-order valence-corrected chi connectivity index (χ1v) is 9.14. The summed E-state index contributed by atoms with van der Waals surface area (Å²) in [6.45, 7) is 0. The van der Waals surface area contributed by atoms with E-state index in [-0.39, 0.29) is 17.9 Å². The molecule has 2 heterocycles. The highest BCUT2D eigenvalue weighted by atomic mass is 32.2. The largest absolute Gasteiger partial charge is 0.345 e. The Balaban J connectivity index is 1.54. The Morgan fingerprint density at radius 1 is 1.17 bits per heavy atom. The van der Waals surface area contributed by atoms with Crippen LogP contribution in [0, 0.1) is 0 Å². The van der Waals surface area contributed by atoms with E-state index in [1.807, 2.05) is 36.0 Å². The van der Waals surface area contributed by atoms with Gasteiger partial charge in [0, 0.05) is 28.3 Å². The van der Waals surface area contributed by atoms with Crippen molar-refractivity contribution in [3.8, 4) is 0 Å². The highest BCUT2D eigenvalue weighted by Gasteiger charge is 2.23. The van der Waals surface area contributed by atoms with Gasteiger partial charge in [0.1, 0.15) is 0 Å². The Hall–Kier alpha value is -2.27. The smallest absolute Gasteiger partial charge is 0.251 e. The Labute approximate surface area is 145 Å². The van der Waals surface area contributed by atoms with Gasteiger partial charge in [0.2, 0.25) is 5.91 Å². The van der Waals surface area contributed by atoms with Gasteiger partial charge in [-0.05, 0) is 48.2 Å². The van der Waals surface area contributed by atoms with Crippen molar-refractivity contribution in [3.05, 3.63) is 59.2 Å². The lowest BCUT2D eigenvalue weighted by molar-refractivity contribution is -0.116. The van der Waals surface area contributed by atoms with Crippen LogP contribution in [0.5, 0.6) is 0 Å². The van der Waals surface area contributed by atoms with Crippen LogP contribution >= 0.6 is 11.8 Å². The van der Waals surface area contributed by atoms with Crippen LogP contribution in [0.1, 0.15) is 40.4 Å². The lowest BCUT2D eigenvalue weighted by atomic mass is 9.99. The van der Waals surface area contributed by atoms with Crippen molar-refractivity contribution in [2.45, 2.75) is 30.2 Å². The number of fused-ring (bicyclic) bond motifs is 2. The summed E-state index contributed by atoms with van der Waals surface area (Å²) in [4.78, 5) is 25.4. The molecule has 2 aromatic carbocycles. The summed E-state index contributed by atoms with van der Waals surface area (Å²) >= 11 is 1.84.